The van der Waals surface area contributed by atoms with Crippen LogP contribution in [0.2, 0.25) is 0 Å². The highest BCUT2D eigenvalue weighted by Gasteiger charge is 2.56. The third kappa shape index (κ3) is 3.10. The third-order valence-electron chi connectivity index (χ3n) is 4.25. The van der Waals surface area contributed by atoms with Crippen LogP contribution in [0.3, 0.4) is 0 Å². The Morgan fingerprint density at radius 2 is 1.96 bits per heavy atom. The van der Waals surface area contributed by atoms with Crippen LogP contribution in [-0.4, -0.2) is 47.6 Å². The van der Waals surface area contributed by atoms with Crippen LogP contribution in [-0.2, 0) is 23.9 Å². The van der Waals surface area contributed by atoms with Gasteiger partial charge in [0.1, 0.15) is 5.92 Å². The maximum atomic E-state index is 12.4. The lowest BCUT2D eigenvalue weighted by Gasteiger charge is -2.43. The van der Waals surface area contributed by atoms with Gasteiger partial charge in [0.05, 0.1) is 25.7 Å². The van der Waals surface area contributed by atoms with Crippen LogP contribution in [0.25, 0.3) is 0 Å². The Morgan fingerprint density at radius 1 is 1.30 bits per heavy atom. The molecule has 0 aromatic carbocycles. The van der Waals surface area contributed by atoms with Crippen LogP contribution >= 0.6 is 0 Å². The van der Waals surface area contributed by atoms with Gasteiger partial charge in [0.25, 0.3) is 0 Å². The van der Waals surface area contributed by atoms with Crippen molar-refractivity contribution in [1.29, 1.82) is 0 Å². The summed E-state index contributed by atoms with van der Waals surface area (Å²) in [5, 5.41) is 10.6. The van der Waals surface area contributed by atoms with Crippen LogP contribution in [0.4, 0.5) is 0 Å². The average molecular weight is 321 g/mol. The highest BCUT2D eigenvalue weighted by molar-refractivity contribution is 6.02. The van der Waals surface area contributed by atoms with Crippen molar-refractivity contribution in [2.75, 3.05) is 14.2 Å². The van der Waals surface area contributed by atoms with E-state index in [0.29, 0.717) is 5.56 Å². The predicted octanol–water partition coefficient (Wildman–Crippen LogP) is 0.467. The number of aliphatic hydroxyl groups is 1. The number of ether oxygens (including phenoxy) is 2. The van der Waals surface area contributed by atoms with Gasteiger partial charge < -0.3 is 14.6 Å². The number of pyridine rings is 1. The molecule has 1 aromatic heterocycles. The molecule has 0 saturated heterocycles. The van der Waals surface area contributed by atoms with Crippen LogP contribution in [0.1, 0.15) is 24.8 Å². The first-order valence-electron chi connectivity index (χ1n) is 7.14. The van der Waals surface area contributed by atoms with Gasteiger partial charge in [0.2, 0.25) is 0 Å². The Balaban J connectivity index is 2.61. The van der Waals surface area contributed by atoms with Gasteiger partial charge in [-0.1, -0.05) is 6.07 Å². The molecule has 2 rings (SSSR count). The lowest BCUT2D eigenvalue weighted by atomic mass is 9.62. The Morgan fingerprint density at radius 3 is 2.48 bits per heavy atom. The first-order chi connectivity index (χ1) is 10.8. The number of Topliss-reactive ketones (excluding diaryl/α,β-unsaturated/α-hetero) is 1. The highest BCUT2D eigenvalue weighted by Crippen LogP contribution is 2.46. The molecule has 7 heteroatoms. The van der Waals surface area contributed by atoms with Gasteiger partial charge in [-0.15, -0.1) is 0 Å². The number of methoxy groups -OCH3 is 2. The molecule has 0 spiro atoms. The molecule has 0 radical (unpaired) electrons. The number of aromatic nitrogens is 1. The number of hydrogen-bond acceptors (Lipinski definition) is 7. The normalized spacial score (nSPS) is 30.6. The van der Waals surface area contributed by atoms with E-state index in [0.717, 1.165) is 0 Å². The van der Waals surface area contributed by atoms with E-state index < -0.39 is 41.1 Å². The molecule has 124 valence electrons. The number of esters is 2. The highest BCUT2D eigenvalue weighted by atomic mass is 16.5. The maximum Gasteiger partial charge on any atom is 0.316 e. The van der Waals surface area contributed by atoms with E-state index in [1.165, 1.54) is 33.5 Å². The molecular weight excluding hydrogens is 302 g/mol. The molecule has 1 aromatic rings. The summed E-state index contributed by atoms with van der Waals surface area (Å²) >= 11 is 0. The Kier molecular flexibility index (Phi) is 4.79. The monoisotopic (exact) mass is 321 g/mol. The van der Waals surface area contributed by atoms with E-state index in [-0.39, 0.29) is 6.42 Å². The lowest BCUT2D eigenvalue weighted by molar-refractivity contribution is -0.170. The zero-order valence-electron chi connectivity index (χ0n) is 13.2. The minimum absolute atomic E-state index is 0.330. The summed E-state index contributed by atoms with van der Waals surface area (Å²) in [5.41, 5.74) is -1.14. The Labute approximate surface area is 133 Å². The van der Waals surface area contributed by atoms with Crippen molar-refractivity contribution in [1.82, 2.24) is 4.98 Å². The fourth-order valence-electron chi connectivity index (χ4n) is 3.24. The van der Waals surface area contributed by atoms with Crippen molar-refractivity contribution in [3.05, 3.63) is 30.1 Å². The quantitative estimate of drug-likeness (QED) is 0.637. The van der Waals surface area contributed by atoms with Crippen molar-refractivity contribution in [3.8, 4) is 0 Å². The van der Waals surface area contributed by atoms with Gasteiger partial charge >= 0.3 is 11.9 Å². The average Bonchev–Trinajstić information content (AvgIpc) is 2.52. The van der Waals surface area contributed by atoms with Crippen molar-refractivity contribution in [2.45, 2.75) is 24.9 Å². The molecule has 0 amide bonds. The molecule has 0 aliphatic heterocycles. The molecule has 1 saturated carbocycles. The van der Waals surface area contributed by atoms with Gasteiger partial charge in [-0.2, -0.15) is 0 Å². The van der Waals surface area contributed by atoms with Crippen molar-refractivity contribution < 1.29 is 29.0 Å². The fraction of sp³-hybridized carbons (Fsp3) is 0.500. The van der Waals surface area contributed by atoms with E-state index in [4.69, 9.17) is 9.47 Å². The van der Waals surface area contributed by atoms with Gasteiger partial charge in [0, 0.05) is 24.7 Å². The van der Waals surface area contributed by atoms with E-state index in [1.807, 2.05) is 0 Å². The number of carbonyl (C=O) groups excluding carboxylic acids is 3. The van der Waals surface area contributed by atoms with Crippen LogP contribution in [0.15, 0.2) is 24.5 Å². The topological polar surface area (TPSA) is 103 Å². The number of rotatable bonds is 3. The third-order valence-corrected chi connectivity index (χ3v) is 4.25. The van der Waals surface area contributed by atoms with E-state index in [2.05, 4.69) is 4.98 Å². The summed E-state index contributed by atoms with van der Waals surface area (Å²) < 4.78 is 9.52. The summed E-state index contributed by atoms with van der Waals surface area (Å²) in [5.74, 6) is -5.08. The molecular formula is C16H19NO6. The summed E-state index contributed by atoms with van der Waals surface area (Å²) in [7, 11) is 2.37. The Hall–Kier alpha value is -2.28. The smallest absolute Gasteiger partial charge is 0.316 e. The van der Waals surface area contributed by atoms with Crippen LogP contribution in [0.5, 0.6) is 0 Å². The molecule has 1 N–H and O–H groups in total. The number of carbonyl (C=O) groups is 3. The molecule has 1 fully saturated rings. The second-order valence-corrected chi connectivity index (χ2v) is 5.81. The molecule has 7 nitrogen and oxygen atoms in total. The second kappa shape index (κ2) is 6.45. The molecule has 1 heterocycles. The molecule has 1 aliphatic carbocycles. The second-order valence-electron chi connectivity index (χ2n) is 5.81. The van der Waals surface area contributed by atoms with Crippen molar-refractivity contribution in [2.24, 2.45) is 11.8 Å². The van der Waals surface area contributed by atoms with Gasteiger partial charge in [-0.3, -0.25) is 19.4 Å². The molecule has 23 heavy (non-hydrogen) atoms. The minimum Gasteiger partial charge on any atom is -0.469 e. The van der Waals surface area contributed by atoms with Gasteiger partial charge in [0.15, 0.2) is 5.78 Å². The first kappa shape index (κ1) is 17.1. The standard InChI is InChI=1S/C16H19NO6/c1-16(21)7-10(18)12(14(19)22-2)11(13(16)15(20)23-3)9-5-4-6-17-8-9/h4-6,8,11-13,21H,7H2,1-3H3/t11-,12+,13-,16-/m0/s1. The first-order valence-corrected chi connectivity index (χ1v) is 7.14. The van der Waals surface area contributed by atoms with Crippen LogP contribution < -0.4 is 0 Å². The summed E-state index contributed by atoms with van der Waals surface area (Å²) in [4.78, 5) is 40.8. The van der Waals surface area contributed by atoms with Crippen molar-refractivity contribution in [3.63, 3.8) is 0 Å². The predicted molar refractivity (Wildman–Crippen MR) is 78.2 cm³/mol. The zero-order chi connectivity index (χ0) is 17.2. The summed E-state index contributed by atoms with van der Waals surface area (Å²) in [6.07, 6.45) is 2.67. The van der Waals surface area contributed by atoms with Crippen LogP contribution in [0, 0.1) is 11.8 Å². The van der Waals surface area contributed by atoms with E-state index in [9.17, 15) is 19.5 Å². The lowest BCUT2D eigenvalue weighted by Crippen LogP contribution is -2.55. The largest absolute Gasteiger partial charge is 0.469 e. The van der Waals surface area contributed by atoms with E-state index >= 15 is 0 Å². The SMILES string of the molecule is COC(=O)[C@@H]1C(=O)C[C@](C)(O)[C@H](C(=O)OC)[C@H]1c1cccnc1. The summed E-state index contributed by atoms with van der Waals surface area (Å²) in [6.45, 7) is 1.39. The van der Waals surface area contributed by atoms with Gasteiger partial charge in [-0.05, 0) is 18.6 Å². The number of ketones is 1. The zero-order valence-corrected chi connectivity index (χ0v) is 13.2. The number of hydrogen-bond donors (Lipinski definition) is 1. The van der Waals surface area contributed by atoms with Crippen molar-refractivity contribution >= 4 is 17.7 Å². The molecule has 0 unspecified atom stereocenters. The van der Waals surface area contributed by atoms with E-state index in [1.54, 1.807) is 12.1 Å². The molecule has 0 bridgehead atoms. The molecule has 1 aliphatic rings. The number of nitrogens with zero attached hydrogens (tertiary/aromatic N) is 1. The maximum absolute atomic E-state index is 12.4. The Bertz CT molecular complexity index is 612. The summed E-state index contributed by atoms with van der Waals surface area (Å²) in [6, 6.07) is 3.28. The van der Waals surface area contributed by atoms with Gasteiger partial charge in [-0.25, -0.2) is 0 Å². The minimum atomic E-state index is -1.63. The fourth-order valence-corrected chi connectivity index (χ4v) is 3.24. The molecule has 4 atom stereocenters.